The summed E-state index contributed by atoms with van der Waals surface area (Å²) >= 11 is 0. The Hall–Kier alpha value is -3.55. The van der Waals surface area contributed by atoms with E-state index in [1.165, 1.54) is 39.0 Å². The molecule has 0 unspecified atom stereocenters. The zero-order chi connectivity index (χ0) is 32.5. The Bertz CT molecular complexity index is 1890. The third-order valence-corrected chi connectivity index (χ3v) is 14.5. The van der Waals surface area contributed by atoms with Crippen molar-refractivity contribution in [3.63, 3.8) is 0 Å². The molecule has 3 aromatic rings. The van der Waals surface area contributed by atoms with Gasteiger partial charge in [-0.15, -0.1) is 0 Å². The van der Waals surface area contributed by atoms with Crippen LogP contribution in [0.3, 0.4) is 0 Å². The molecule has 2 aromatic carbocycles. The van der Waals surface area contributed by atoms with E-state index in [4.69, 9.17) is 9.47 Å². The van der Waals surface area contributed by atoms with E-state index in [1.807, 2.05) is 0 Å². The molecule has 4 fully saturated rings. The Morgan fingerprint density at radius 2 is 1.92 bits per heavy atom. The number of piperidine rings is 4. The Balaban J connectivity index is 1.03. The van der Waals surface area contributed by atoms with Gasteiger partial charge in [0, 0.05) is 65.7 Å². The zero-order valence-corrected chi connectivity index (χ0v) is 28.8. The number of hydrogen-bond donors (Lipinski definition) is 0. The van der Waals surface area contributed by atoms with E-state index in [0.29, 0.717) is 35.9 Å². The summed E-state index contributed by atoms with van der Waals surface area (Å²) in [6.45, 7) is 5.04. The summed E-state index contributed by atoms with van der Waals surface area (Å²) in [6.07, 6.45) is 10.9. The molecule has 9 atom stereocenters. The highest BCUT2D eigenvalue weighted by molar-refractivity contribution is 5.87. The Labute approximate surface area is 284 Å². The van der Waals surface area contributed by atoms with Crippen LogP contribution in [0.5, 0.6) is 0 Å². The smallest absolute Gasteiger partial charge is 0.329 e. The highest BCUT2D eigenvalue weighted by Crippen LogP contribution is 2.63. The maximum atomic E-state index is 13.9. The molecule has 4 saturated heterocycles. The molecular weight excluding hydrogens is 596 g/mol. The molecule has 0 radical (unpaired) electrons. The number of aryl methyl sites for hydroxylation is 1. The lowest BCUT2D eigenvalue weighted by Crippen LogP contribution is -2.76. The summed E-state index contributed by atoms with van der Waals surface area (Å²) in [5.74, 6) is 1.51. The summed E-state index contributed by atoms with van der Waals surface area (Å²) in [5, 5.41) is 1.43. The third kappa shape index (κ3) is 3.65. The van der Waals surface area contributed by atoms with Gasteiger partial charge in [-0.1, -0.05) is 48.0 Å². The monoisotopic (exact) mass is 644 g/mol. The highest BCUT2D eigenvalue weighted by Gasteiger charge is 2.67. The number of carbonyl (C=O) groups excluding carboxylic acids is 1. The average Bonchev–Trinajstić information content (AvgIpc) is 3.56. The minimum absolute atomic E-state index is 0.0826. The predicted octanol–water partition coefficient (Wildman–Crippen LogP) is 6.34. The first-order chi connectivity index (χ1) is 23.5. The van der Waals surface area contributed by atoms with Crippen molar-refractivity contribution in [2.24, 2.45) is 24.8 Å². The number of anilines is 1. The standard InChI is InChI=1S/C41H48N4O3/c1-5-24-21-44-17-15-32-27-11-7-9-13-34(27)45-39(40(46)47-4)29(24)20-37(44)41(32,45)16-14-25-22-48-23-31-28(25)18-36-38-30(19-35(31)42(36)2)26-10-6-8-12-33(26)43(38)3/h5-13,22,28-29,31-32,35-37,39H,14-21,23H2,1-4H3/b24-5-/t28-,29-,31+,32+,35-,36-,37-,39-,41-/m0/s1. The van der Waals surface area contributed by atoms with E-state index < -0.39 is 0 Å². The number of esters is 1. The molecule has 7 nitrogen and oxygen atoms in total. The van der Waals surface area contributed by atoms with Crippen LogP contribution in [-0.2, 0) is 27.7 Å². The molecule has 48 heavy (non-hydrogen) atoms. The highest BCUT2D eigenvalue weighted by atomic mass is 16.5. The van der Waals surface area contributed by atoms with E-state index in [0.717, 1.165) is 58.2 Å². The minimum atomic E-state index is -0.291. The number of ether oxygens (including phenoxy) is 2. The van der Waals surface area contributed by atoms with Gasteiger partial charge in [0.15, 0.2) is 0 Å². The quantitative estimate of drug-likeness (QED) is 0.244. The number of aromatic nitrogens is 1. The molecule has 8 heterocycles. The topological polar surface area (TPSA) is 50.2 Å². The van der Waals surface area contributed by atoms with Crippen molar-refractivity contribution >= 4 is 22.6 Å². The van der Waals surface area contributed by atoms with E-state index in [1.54, 1.807) is 12.7 Å². The summed E-state index contributed by atoms with van der Waals surface area (Å²) in [6, 6.07) is 19.0. The van der Waals surface area contributed by atoms with Crippen molar-refractivity contribution in [3.8, 4) is 0 Å². The molecule has 250 valence electrons. The zero-order valence-electron chi connectivity index (χ0n) is 28.8. The molecule has 0 amide bonds. The van der Waals surface area contributed by atoms with Crippen molar-refractivity contribution in [1.82, 2.24) is 14.4 Å². The molecular formula is C41H48N4O3. The number of carbonyl (C=O) groups is 1. The van der Waals surface area contributed by atoms with Gasteiger partial charge in [-0.3, -0.25) is 9.80 Å². The lowest BCUT2D eigenvalue weighted by Gasteiger charge is -2.65. The second-order valence-electron chi connectivity index (χ2n) is 15.8. The number of hydrogen-bond acceptors (Lipinski definition) is 6. The molecule has 10 rings (SSSR count). The number of rotatable bonds is 4. The number of para-hydroxylation sites is 2. The first kappa shape index (κ1) is 29.4. The van der Waals surface area contributed by atoms with Crippen molar-refractivity contribution in [2.75, 3.05) is 38.8 Å². The van der Waals surface area contributed by atoms with Crippen LogP contribution >= 0.6 is 0 Å². The van der Waals surface area contributed by atoms with Crippen molar-refractivity contribution in [1.29, 1.82) is 0 Å². The maximum absolute atomic E-state index is 13.9. The van der Waals surface area contributed by atoms with Crippen molar-refractivity contribution < 1.29 is 14.3 Å². The van der Waals surface area contributed by atoms with Gasteiger partial charge in [0.25, 0.3) is 0 Å². The Morgan fingerprint density at radius 3 is 2.77 bits per heavy atom. The van der Waals surface area contributed by atoms with Crippen LogP contribution in [-0.4, -0.2) is 77.9 Å². The van der Waals surface area contributed by atoms with Crippen LogP contribution in [0, 0.1) is 17.8 Å². The number of fused-ring (bicyclic) bond motifs is 12. The van der Waals surface area contributed by atoms with Crippen molar-refractivity contribution in [3.05, 3.63) is 88.8 Å². The van der Waals surface area contributed by atoms with E-state index in [9.17, 15) is 4.79 Å². The molecule has 7 aliphatic rings. The van der Waals surface area contributed by atoms with E-state index in [-0.39, 0.29) is 23.5 Å². The maximum Gasteiger partial charge on any atom is 0.329 e. The third-order valence-electron chi connectivity index (χ3n) is 14.5. The van der Waals surface area contributed by atoms with Crippen molar-refractivity contribution in [2.45, 2.75) is 81.1 Å². The van der Waals surface area contributed by atoms with Crippen LogP contribution < -0.4 is 4.90 Å². The summed E-state index contributed by atoms with van der Waals surface area (Å²) in [5.41, 5.74) is 9.87. The summed E-state index contributed by atoms with van der Waals surface area (Å²) < 4.78 is 14.6. The SMILES string of the molecule is C/C=C1/CN2CC[C@@H]3c4ccccc4N4[C@H](C(=O)OC)[C@H]1C[C@H]2[C@]34CCC1=COC[C@@H]2[C@H]1C[C@H]1c3c(c4ccccc4n3C)C[C@@H]2N1C. The number of allylic oxidation sites excluding steroid dienone is 2. The Morgan fingerprint density at radius 1 is 1.08 bits per heavy atom. The molecule has 7 aliphatic heterocycles. The molecule has 0 saturated carbocycles. The molecule has 7 heteroatoms. The molecule has 0 spiro atoms. The molecule has 4 bridgehead atoms. The molecule has 0 aliphatic carbocycles. The van der Waals surface area contributed by atoms with Gasteiger partial charge in [-0.25, -0.2) is 4.79 Å². The lowest BCUT2D eigenvalue weighted by atomic mass is 9.59. The van der Waals surface area contributed by atoms with E-state index in [2.05, 4.69) is 101 Å². The fourth-order valence-electron chi connectivity index (χ4n) is 12.5. The Kier molecular flexibility index (Phi) is 6.41. The van der Waals surface area contributed by atoms with Gasteiger partial charge >= 0.3 is 5.97 Å². The largest absolute Gasteiger partial charge is 0.501 e. The fourth-order valence-corrected chi connectivity index (χ4v) is 12.5. The van der Waals surface area contributed by atoms with Gasteiger partial charge in [0.2, 0.25) is 0 Å². The van der Waals surface area contributed by atoms with Crippen LogP contribution in [0.15, 0.2) is 72.0 Å². The van der Waals surface area contributed by atoms with Crippen LogP contribution in [0.25, 0.3) is 10.9 Å². The first-order valence-electron chi connectivity index (χ1n) is 18.4. The predicted molar refractivity (Wildman–Crippen MR) is 188 cm³/mol. The summed E-state index contributed by atoms with van der Waals surface area (Å²) in [7, 11) is 6.21. The normalized spacial score (nSPS) is 37.0. The first-order valence-corrected chi connectivity index (χ1v) is 18.4. The van der Waals surface area contributed by atoms with Crippen LogP contribution in [0.2, 0.25) is 0 Å². The van der Waals surface area contributed by atoms with Gasteiger partial charge in [-0.05, 0) is 93.8 Å². The average molecular weight is 645 g/mol. The van der Waals surface area contributed by atoms with Crippen LogP contribution in [0.1, 0.15) is 67.8 Å². The lowest BCUT2D eigenvalue weighted by molar-refractivity contribution is -0.147. The van der Waals surface area contributed by atoms with Gasteiger partial charge in [0.05, 0.1) is 31.6 Å². The van der Waals surface area contributed by atoms with Crippen LogP contribution in [0.4, 0.5) is 5.69 Å². The number of benzene rings is 2. The second-order valence-corrected chi connectivity index (χ2v) is 15.8. The molecule has 1 aromatic heterocycles. The number of nitrogens with zero attached hydrogens (tertiary/aromatic N) is 4. The summed E-state index contributed by atoms with van der Waals surface area (Å²) in [4.78, 5) is 22.0. The van der Waals surface area contributed by atoms with Gasteiger partial charge in [0.1, 0.15) is 6.04 Å². The number of methoxy groups -OCH3 is 1. The van der Waals surface area contributed by atoms with Gasteiger partial charge in [-0.2, -0.15) is 0 Å². The number of likely N-dealkylation sites (N-methyl/N-ethyl adjacent to an activating group) is 1. The van der Waals surface area contributed by atoms with Gasteiger partial charge < -0.3 is 18.9 Å². The second kappa shape index (κ2) is 10.5. The molecule has 0 N–H and O–H groups in total. The fraction of sp³-hybridized carbons (Fsp3) is 0.537. The van der Waals surface area contributed by atoms with E-state index >= 15 is 0 Å². The minimum Gasteiger partial charge on any atom is -0.501 e.